The second kappa shape index (κ2) is 6.15. The van der Waals surface area contributed by atoms with E-state index >= 15 is 0 Å². The van der Waals surface area contributed by atoms with Crippen molar-refractivity contribution in [3.8, 4) is 17.2 Å². The fourth-order valence-electron chi connectivity index (χ4n) is 2.08. The van der Waals surface area contributed by atoms with E-state index in [0.717, 1.165) is 23.4 Å². The third-order valence-corrected chi connectivity index (χ3v) is 3.96. The van der Waals surface area contributed by atoms with Crippen LogP contribution >= 0.6 is 0 Å². The van der Waals surface area contributed by atoms with Crippen molar-refractivity contribution in [1.29, 1.82) is 0 Å². The van der Waals surface area contributed by atoms with Gasteiger partial charge in [-0.1, -0.05) is 44.6 Å². The maximum atomic E-state index is 12.2. The van der Waals surface area contributed by atoms with Gasteiger partial charge in [0.25, 0.3) is 5.56 Å². The molecule has 0 bridgehead atoms. The Hall–Kier alpha value is -2.05. The molecule has 0 atom stereocenters. The molecular weight excluding hydrogens is 274 g/mol. The number of nitrogens with zero attached hydrogens (tertiary/aromatic N) is 1. The molecule has 0 spiro atoms. The monoisotopic (exact) mass is 295 g/mol. The minimum atomic E-state index is -1.40. The van der Waals surface area contributed by atoms with Crippen molar-refractivity contribution in [2.24, 2.45) is 0 Å². The summed E-state index contributed by atoms with van der Waals surface area (Å²) < 4.78 is 1.76. The maximum Gasteiger partial charge on any atom is 0.255 e. The molecule has 0 saturated carbocycles. The molecule has 0 aliphatic rings. The number of pyridine rings is 1. The molecule has 1 heterocycles. The summed E-state index contributed by atoms with van der Waals surface area (Å²) in [5, 5.41) is 0. The summed E-state index contributed by atoms with van der Waals surface area (Å²) in [5.41, 5.74) is 6.23. The Morgan fingerprint density at radius 2 is 1.81 bits per heavy atom. The topological polar surface area (TPSA) is 22.0 Å². The summed E-state index contributed by atoms with van der Waals surface area (Å²) in [6.07, 6.45) is 0.820. The zero-order valence-corrected chi connectivity index (χ0v) is 14.1. The fourth-order valence-corrected chi connectivity index (χ4v) is 2.60. The van der Waals surface area contributed by atoms with Crippen LogP contribution in [0.4, 0.5) is 0 Å². The summed E-state index contributed by atoms with van der Waals surface area (Å²) in [4.78, 5) is 12.2. The lowest BCUT2D eigenvalue weighted by Gasteiger charge is -2.11. The molecule has 2 nitrogen and oxygen atoms in total. The van der Waals surface area contributed by atoms with E-state index in [1.54, 1.807) is 10.6 Å². The van der Waals surface area contributed by atoms with Gasteiger partial charge in [0, 0.05) is 17.3 Å². The van der Waals surface area contributed by atoms with Crippen LogP contribution in [0.5, 0.6) is 0 Å². The Balaban J connectivity index is 2.52. The quantitative estimate of drug-likeness (QED) is 0.612. The molecule has 0 unspecified atom stereocenters. The van der Waals surface area contributed by atoms with Gasteiger partial charge in [-0.2, -0.15) is 0 Å². The largest absolute Gasteiger partial charge is 0.281 e. The predicted molar refractivity (Wildman–Crippen MR) is 91.6 cm³/mol. The maximum absolute atomic E-state index is 12.2. The number of hydrogen-bond acceptors (Lipinski definition) is 1. The number of aromatic nitrogens is 1. The van der Waals surface area contributed by atoms with Crippen LogP contribution in [0.25, 0.3) is 5.69 Å². The van der Waals surface area contributed by atoms with Gasteiger partial charge < -0.3 is 0 Å². The van der Waals surface area contributed by atoms with Gasteiger partial charge in [-0.25, -0.2) is 0 Å². The first kappa shape index (κ1) is 15.3. The van der Waals surface area contributed by atoms with Gasteiger partial charge in [0.15, 0.2) is 0 Å². The van der Waals surface area contributed by atoms with Crippen molar-refractivity contribution in [3.63, 3.8) is 0 Å². The van der Waals surface area contributed by atoms with Crippen molar-refractivity contribution in [3.05, 3.63) is 64.1 Å². The van der Waals surface area contributed by atoms with E-state index in [2.05, 4.69) is 38.0 Å². The van der Waals surface area contributed by atoms with E-state index in [4.69, 9.17) is 0 Å². The summed E-state index contributed by atoms with van der Waals surface area (Å²) in [6, 6.07) is 13.3. The van der Waals surface area contributed by atoms with Crippen LogP contribution in [0.3, 0.4) is 0 Å². The van der Waals surface area contributed by atoms with Crippen LogP contribution in [0.1, 0.15) is 18.2 Å². The van der Waals surface area contributed by atoms with E-state index in [1.165, 1.54) is 0 Å². The van der Waals surface area contributed by atoms with Crippen LogP contribution in [0.2, 0.25) is 19.6 Å². The smallest absolute Gasteiger partial charge is 0.255 e. The molecule has 0 N–H and O–H groups in total. The zero-order chi connectivity index (χ0) is 15.5. The van der Waals surface area contributed by atoms with E-state index < -0.39 is 8.07 Å². The minimum Gasteiger partial charge on any atom is -0.281 e. The highest BCUT2D eigenvalue weighted by atomic mass is 28.3. The average molecular weight is 295 g/mol. The standard InChI is InChI=1S/C18H21NOSi/c1-5-16-9-7-11-18(20)19(16)17-10-6-8-15(14-17)12-13-21(2,3)4/h6-11,14H,5H2,1-4H3. The first-order valence-corrected chi connectivity index (χ1v) is 10.8. The first-order valence-electron chi connectivity index (χ1n) is 7.25. The Kier molecular flexibility index (Phi) is 4.49. The van der Waals surface area contributed by atoms with Gasteiger partial charge >= 0.3 is 0 Å². The average Bonchev–Trinajstić information content (AvgIpc) is 2.44. The molecule has 0 aliphatic heterocycles. The van der Waals surface area contributed by atoms with E-state index in [1.807, 2.05) is 36.4 Å². The van der Waals surface area contributed by atoms with Crippen LogP contribution in [0.15, 0.2) is 47.3 Å². The second-order valence-corrected chi connectivity index (χ2v) is 10.8. The SMILES string of the molecule is CCc1cccc(=O)n1-c1cccc(C#C[Si](C)(C)C)c1. The summed E-state index contributed by atoms with van der Waals surface area (Å²) >= 11 is 0. The van der Waals surface area contributed by atoms with Gasteiger partial charge in [0.2, 0.25) is 0 Å². The first-order chi connectivity index (χ1) is 9.90. The molecule has 0 fully saturated rings. The van der Waals surface area contributed by atoms with Crippen LogP contribution in [0, 0.1) is 11.5 Å². The Labute approximate surface area is 127 Å². The molecule has 2 aromatic rings. The van der Waals surface area contributed by atoms with Gasteiger partial charge in [-0.3, -0.25) is 9.36 Å². The summed E-state index contributed by atoms with van der Waals surface area (Å²) in [7, 11) is -1.40. The molecule has 0 amide bonds. The summed E-state index contributed by atoms with van der Waals surface area (Å²) in [5.74, 6) is 3.25. The van der Waals surface area contributed by atoms with Crippen molar-refractivity contribution in [1.82, 2.24) is 4.57 Å². The van der Waals surface area contributed by atoms with Crippen LogP contribution in [-0.2, 0) is 6.42 Å². The van der Waals surface area contributed by atoms with Crippen molar-refractivity contribution < 1.29 is 0 Å². The zero-order valence-electron chi connectivity index (χ0n) is 13.1. The molecule has 0 aliphatic carbocycles. The van der Waals surface area contributed by atoms with Gasteiger partial charge in [-0.05, 0) is 30.7 Å². The number of aryl methyl sites for hydroxylation is 1. The molecule has 21 heavy (non-hydrogen) atoms. The highest BCUT2D eigenvalue weighted by molar-refractivity contribution is 6.83. The lowest BCUT2D eigenvalue weighted by Crippen LogP contribution is -2.20. The Morgan fingerprint density at radius 1 is 1.10 bits per heavy atom. The molecule has 1 aromatic carbocycles. The normalized spacial score (nSPS) is 10.9. The Morgan fingerprint density at radius 3 is 2.48 bits per heavy atom. The molecule has 0 saturated heterocycles. The lowest BCUT2D eigenvalue weighted by molar-refractivity contribution is 0.876. The lowest BCUT2D eigenvalue weighted by atomic mass is 10.2. The van der Waals surface area contributed by atoms with Crippen molar-refractivity contribution in [2.75, 3.05) is 0 Å². The Bertz CT molecular complexity index is 757. The fraction of sp³-hybridized carbons (Fsp3) is 0.278. The number of rotatable bonds is 2. The van der Waals surface area contributed by atoms with E-state index in [-0.39, 0.29) is 5.56 Å². The number of benzene rings is 1. The molecular formula is C18H21NOSi. The third-order valence-electron chi connectivity index (χ3n) is 3.08. The molecule has 108 valence electrons. The highest BCUT2D eigenvalue weighted by Gasteiger charge is 2.08. The number of hydrogen-bond donors (Lipinski definition) is 0. The van der Waals surface area contributed by atoms with Crippen molar-refractivity contribution in [2.45, 2.75) is 33.0 Å². The minimum absolute atomic E-state index is 0.00431. The molecule has 2 rings (SSSR count). The van der Waals surface area contributed by atoms with Crippen molar-refractivity contribution >= 4 is 8.07 Å². The van der Waals surface area contributed by atoms with E-state index in [9.17, 15) is 4.79 Å². The van der Waals surface area contributed by atoms with Crippen LogP contribution < -0.4 is 5.56 Å². The van der Waals surface area contributed by atoms with Gasteiger partial charge in [0.05, 0.1) is 5.69 Å². The highest BCUT2D eigenvalue weighted by Crippen LogP contribution is 2.12. The molecule has 3 heteroatoms. The third kappa shape index (κ3) is 3.96. The van der Waals surface area contributed by atoms with Gasteiger partial charge in [-0.15, -0.1) is 5.54 Å². The second-order valence-electron chi connectivity index (χ2n) is 6.09. The predicted octanol–water partition coefficient (Wildman–Crippen LogP) is 3.63. The molecule has 0 radical (unpaired) electrons. The molecule has 1 aromatic heterocycles. The van der Waals surface area contributed by atoms with Gasteiger partial charge in [0.1, 0.15) is 8.07 Å². The van der Waals surface area contributed by atoms with Crippen LogP contribution in [-0.4, -0.2) is 12.6 Å². The van der Waals surface area contributed by atoms with E-state index in [0.29, 0.717) is 0 Å². The summed E-state index contributed by atoms with van der Waals surface area (Å²) in [6.45, 7) is 8.72.